The van der Waals surface area contributed by atoms with Gasteiger partial charge in [-0.2, -0.15) is 0 Å². The molecule has 2 saturated heterocycles. The van der Waals surface area contributed by atoms with Crippen LogP contribution in [0.2, 0.25) is 5.02 Å². The topological polar surface area (TPSA) is 66.0 Å². The number of amides is 1. The summed E-state index contributed by atoms with van der Waals surface area (Å²) in [5.41, 5.74) is 1.21. The highest BCUT2D eigenvalue weighted by molar-refractivity contribution is 6.30. The Labute approximate surface area is 179 Å². The number of nitrogens with one attached hydrogen (secondary N) is 2. The summed E-state index contributed by atoms with van der Waals surface area (Å²) in [6, 6.07) is 8.37. The molecule has 0 saturated carbocycles. The van der Waals surface area contributed by atoms with E-state index < -0.39 is 0 Å². The summed E-state index contributed by atoms with van der Waals surface area (Å²) in [5.74, 6) is 1.04. The monoisotopic (exact) mass is 420 g/mol. The number of likely N-dealkylation sites (tertiary alicyclic amines) is 1. The number of carbonyl (C=O) groups is 1. The second-order valence-corrected chi connectivity index (χ2v) is 8.83. The number of carbonyl (C=O) groups excluding carboxylic acids is 1. The van der Waals surface area contributed by atoms with Crippen LogP contribution in [-0.4, -0.2) is 62.7 Å². The van der Waals surface area contributed by atoms with Crippen molar-refractivity contribution in [3.63, 3.8) is 0 Å². The SMILES string of the molecule is CN=C(NCC1(c2cccc(Cl)c2)CCOCC1)NC1CCN(C(=O)C(C)C)C1. The molecular weight excluding hydrogens is 388 g/mol. The van der Waals surface area contributed by atoms with Crippen LogP contribution in [0.5, 0.6) is 0 Å². The van der Waals surface area contributed by atoms with E-state index >= 15 is 0 Å². The Balaban J connectivity index is 1.62. The van der Waals surface area contributed by atoms with E-state index in [9.17, 15) is 4.79 Å². The molecule has 1 aromatic rings. The second kappa shape index (κ2) is 9.81. The average molecular weight is 421 g/mol. The molecule has 0 aliphatic carbocycles. The number of hydrogen-bond donors (Lipinski definition) is 2. The quantitative estimate of drug-likeness (QED) is 0.567. The molecule has 0 radical (unpaired) electrons. The van der Waals surface area contributed by atoms with Gasteiger partial charge in [0.2, 0.25) is 5.91 Å². The first kappa shape index (κ1) is 21.9. The molecule has 160 valence electrons. The highest BCUT2D eigenvalue weighted by atomic mass is 35.5. The Morgan fingerprint density at radius 1 is 1.38 bits per heavy atom. The fourth-order valence-corrected chi connectivity index (χ4v) is 4.42. The molecule has 1 atom stereocenters. The van der Waals surface area contributed by atoms with Gasteiger partial charge in [0, 0.05) is 62.3 Å². The molecule has 2 heterocycles. The van der Waals surface area contributed by atoms with Crippen LogP contribution in [0.1, 0.15) is 38.7 Å². The lowest BCUT2D eigenvalue weighted by Gasteiger charge is -2.38. The van der Waals surface area contributed by atoms with Crippen molar-refractivity contribution in [2.24, 2.45) is 10.9 Å². The molecule has 2 aliphatic heterocycles. The highest BCUT2D eigenvalue weighted by Crippen LogP contribution is 2.35. The summed E-state index contributed by atoms with van der Waals surface area (Å²) in [6.45, 7) is 7.68. The van der Waals surface area contributed by atoms with Crippen LogP contribution in [-0.2, 0) is 14.9 Å². The lowest BCUT2D eigenvalue weighted by Crippen LogP contribution is -2.50. The van der Waals surface area contributed by atoms with E-state index in [1.54, 1.807) is 7.05 Å². The van der Waals surface area contributed by atoms with Gasteiger partial charge in [0.1, 0.15) is 0 Å². The van der Waals surface area contributed by atoms with Gasteiger partial charge >= 0.3 is 0 Å². The maximum Gasteiger partial charge on any atom is 0.225 e. The minimum absolute atomic E-state index is 0.0317. The van der Waals surface area contributed by atoms with Gasteiger partial charge in [-0.3, -0.25) is 9.79 Å². The number of rotatable bonds is 5. The summed E-state index contributed by atoms with van der Waals surface area (Å²) in [4.78, 5) is 18.6. The molecule has 0 aromatic heterocycles. The minimum atomic E-state index is -0.0317. The first-order chi connectivity index (χ1) is 13.9. The smallest absolute Gasteiger partial charge is 0.225 e. The number of aliphatic imine (C=N–C) groups is 1. The molecule has 1 aromatic carbocycles. The second-order valence-electron chi connectivity index (χ2n) is 8.40. The van der Waals surface area contributed by atoms with Gasteiger partial charge in [0.15, 0.2) is 5.96 Å². The molecule has 1 amide bonds. The van der Waals surface area contributed by atoms with E-state index in [2.05, 4.69) is 27.8 Å². The fourth-order valence-electron chi connectivity index (χ4n) is 4.23. The van der Waals surface area contributed by atoms with E-state index in [0.717, 1.165) is 63.1 Å². The number of hydrogen-bond acceptors (Lipinski definition) is 3. The molecule has 3 rings (SSSR count). The number of guanidine groups is 1. The van der Waals surface area contributed by atoms with Crippen LogP contribution in [0.15, 0.2) is 29.3 Å². The highest BCUT2D eigenvalue weighted by Gasteiger charge is 2.35. The number of ether oxygens (including phenoxy) is 1. The van der Waals surface area contributed by atoms with E-state index in [1.807, 2.05) is 30.9 Å². The van der Waals surface area contributed by atoms with Crippen LogP contribution in [0.3, 0.4) is 0 Å². The van der Waals surface area contributed by atoms with Crippen LogP contribution in [0, 0.1) is 5.92 Å². The van der Waals surface area contributed by atoms with E-state index in [0.29, 0.717) is 0 Å². The first-order valence-electron chi connectivity index (χ1n) is 10.5. The molecule has 2 N–H and O–H groups in total. The van der Waals surface area contributed by atoms with E-state index in [4.69, 9.17) is 16.3 Å². The van der Waals surface area contributed by atoms with Gasteiger partial charge in [-0.05, 0) is 37.0 Å². The Morgan fingerprint density at radius 3 is 2.79 bits per heavy atom. The largest absolute Gasteiger partial charge is 0.381 e. The molecule has 2 aliphatic rings. The number of halogens is 1. The fraction of sp³-hybridized carbons (Fsp3) is 0.636. The van der Waals surface area contributed by atoms with Crippen molar-refractivity contribution in [1.82, 2.24) is 15.5 Å². The standard InChI is InChI=1S/C22H33ClN4O2/c1-16(2)20(28)27-10-7-19(14-27)26-21(24-3)25-15-22(8-11-29-12-9-22)17-5-4-6-18(23)13-17/h4-6,13,16,19H,7-12,14-15H2,1-3H3,(H2,24,25,26). The number of benzene rings is 1. The molecule has 6 nitrogen and oxygen atoms in total. The Kier molecular flexibility index (Phi) is 7.41. The maximum atomic E-state index is 12.2. The zero-order valence-corrected chi connectivity index (χ0v) is 18.5. The molecular formula is C22H33ClN4O2. The third kappa shape index (κ3) is 5.43. The van der Waals surface area contributed by atoms with Crippen LogP contribution >= 0.6 is 11.6 Å². The molecule has 0 spiro atoms. The van der Waals surface area contributed by atoms with Crippen molar-refractivity contribution in [1.29, 1.82) is 0 Å². The van der Waals surface area contributed by atoms with Gasteiger partial charge in [0.05, 0.1) is 0 Å². The lowest BCUT2D eigenvalue weighted by molar-refractivity contribution is -0.133. The summed E-state index contributed by atoms with van der Waals surface area (Å²) in [5, 5.41) is 7.79. The van der Waals surface area contributed by atoms with Crippen LogP contribution in [0.4, 0.5) is 0 Å². The van der Waals surface area contributed by atoms with Crippen LogP contribution < -0.4 is 10.6 Å². The van der Waals surface area contributed by atoms with Gasteiger partial charge in [-0.25, -0.2) is 0 Å². The average Bonchev–Trinajstić information content (AvgIpc) is 3.19. The number of nitrogens with zero attached hydrogens (tertiary/aromatic N) is 2. The molecule has 0 bridgehead atoms. The third-order valence-electron chi connectivity index (χ3n) is 6.04. The summed E-state index contributed by atoms with van der Waals surface area (Å²) < 4.78 is 5.63. The third-order valence-corrected chi connectivity index (χ3v) is 6.27. The van der Waals surface area contributed by atoms with Crippen molar-refractivity contribution in [2.45, 2.75) is 44.6 Å². The molecule has 7 heteroatoms. The zero-order valence-electron chi connectivity index (χ0n) is 17.7. The van der Waals surface area contributed by atoms with Gasteiger partial charge < -0.3 is 20.3 Å². The van der Waals surface area contributed by atoms with E-state index in [-0.39, 0.29) is 23.3 Å². The Hall–Kier alpha value is -1.79. The Morgan fingerprint density at radius 2 is 2.14 bits per heavy atom. The van der Waals surface area contributed by atoms with Crippen molar-refractivity contribution < 1.29 is 9.53 Å². The van der Waals surface area contributed by atoms with Crippen LogP contribution in [0.25, 0.3) is 0 Å². The molecule has 29 heavy (non-hydrogen) atoms. The Bertz CT molecular complexity index is 731. The summed E-state index contributed by atoms with van der Waals surface area (Å²) in [6.07, 6.45) is 2.82. The predicted molar refractivity (Wildman–Crippen MR) is 118 cm³/mol. The van der Waals surface area contributed by atoms with Gasteiger partial charge in [-0.1, -0.05) is 37.6 Å². The van der Waals surface area contributed by atoms with Crippen molar-refractivity contribution in [3.05, 3.63) is 34.9 Å². The normalized spacial score (nSPS) is 22.0. The minimum Gasteiger partial charge on any atom is -0.381 e. The van der Waals surface area contributed by atoms with Crippen molar-refractivity contribution in [3.8, 4) is 0 Å². The van der Waals surface area contributed by atoms with Gasteiger partial charge in [0.25, 0.3) is 0 Å². The van der Waals surface area contributed by atoms with Crippen molar-refractivity contribution >= 4 is 23.5 Å². The summed E-state index contributed by atoms with van der Waals surface area (Å²) in [7, 11) is 1.79. The molecule has 2 fully saturated rings. The van der Waals surface area contributed by atoms with Crippen molar-refractivity contribution in [2.75, 3.05) is 39.9 Å². The lowest BCUT2D eigenvalue weighted by atomic mass is 9.74. The predicted octanol–water partition coefficient (Wildman–Crippen LogP) is 2.81. The molecule has 1 unspecified atom stereocenters. The summed E-state index contributed by atoms with van der Waals surface area (Å²) >= 11 is 6.27. The van der Waals surface area contributed by atoms with Gasteiger partial charge in [-0.15, -0.1) is 0 Å². The maximum absolute atomic E-state index is 12.2. The zero-order chi connectivity index (χ0) is 20.9. The first-order valence-corrected chi connectivity index (χ1v) is 10.9. The van der Waals surface area contributed by atoms with E-state index in [1.165, 1.54) is 5.56 Å².